The molecule has 160 valence electrons. The Labute approximate surface area is 181 Å². The lowest BCUT2D eigenvalue weighted by Gasteiger charge is -2.34. The van der Waals surface area contributed by atoms with Crippen molar-refractivity contribution < 1.29 is 14.0 Å². The quantitative estimate of drug-likeness (QED) is 0.730. The topological polar surface area (TPSA) is 65.5 Å². The van der Waals surface area contributed by atoms with Crippen LogP contribution in [0.2, 0.25) is 0 Å². The highest BCUT2D eigenvalue weighted by molar-refractivity contribution is 5.95. The number of nitrogens with one attached hydrogen (secondary N) is 1. The number of rotatable bonds is 6. The molecular weight excluding hydrogens is 395 g/mol. The fourth-order valence-corrected chi connectivity index (χ4v) is 3.76. The number of amides is 2. The van der Waals surface area contributed by atoms with Gasteiger partial charge in [0.1, 0.15) is 5.82 Å². The molecule has 1 N–H and O–H groups in total. The number of nitrogens with zero attached hydrogens (tertiary/aromatic N) is 3. The average molecular weight is 420 g/mol. The first kappa shape index (κ1) is 21.0. The minimum Gasteiger partial charge on any atom is -0.344 e. The molecule has 1 aromatic heterocycles. The summed E-state index contributed by atoms with van der Waals surface area (Å²) in [6.45, 7) is 3.06. The predicted molar refractivity (Wildman–Crippen MR) is 116 cm³/mol. The van der Waals surface area contributed by atoms with E-state index < -0.39 is 6.04 Å². The van der Waals surface area contributed by atoms with Crippen molar-refractivity contribution in [3.8, 4) is 0 Å². The lowest BCUT2D eigenvalue weighted by molar-refractivity contribution is -0.133. The summed E-state index contributed by atoms with van der Waals surface area (Å²) in [6, 6.07) is 9.22. The number of piperazine rings is 1. The number of hydrogen-bond donors (Lipinski definition) is 1. The molecule has 0 radical (unpaired) electrons. The van der Waals surface area contributed by atoms with Gasteiger partial charge in [-0.15, -0.1) is 5.73 Å². The van der Waals surface area contributed by atoms with Crippen LogP contribution >= 0.6 is 0 Å². The fraction of sp³-hybridized carbons (Fsp3) is 0.333. The third-order valence-electron chi connectivity index (χ3n) is 5.76. The van der Waals surface area contributed by atoms with Gasteiger partial charge in [0.2, 0.25) is 5.91 Å². The summed E-state index contributed by atoms with van der Waals surface area (Å²) in [6.07, 6.45) is 3.90. The summed E-state index contributed by atoms with van der Waals surface area (Å²) in [5.74, 6) is -0.532. The Balaban J connectivity index is 1.53. The van der Waals surface area contributed by atoms with Gasteiger partial charge < -0.3 is 15.1 Å². The molecule has 1 unspecified atom stereocenters. The van der Waals surface area contributed by atoms with Crippen LogP contribution < -0.4 is 5.32 Å². The van der Waals surface area contributed by atoms with Crippen molar-refractivity contribution in [1.82, 2.24) is 20.1 Å². The van der Waals surface area contributed by atoms with Gasteiger partial charge in [0, 0.05) is 50.6 Å². The summed E-state index contributed by atoms with van der Waals surface area (Å²) in [5.41, 5.74) is 6.45. The molecule has 1 saturated heterocycles. The van der Waals surface area contributed by atoms with Gasteiger partial charge >= 0.3 is 0 Å². The van der Waals surface area contributed by atoms with Crippen LogP contribution in [0.3, 0.4) is 0 Å². The number of hydrogen-bond acceptors (Lipinski definition) is 4. The highest BCUT2D eigenvalue weighted by Gasteiger charge is 2.29. The van der Waals surface area contributed by atoms with E-state index in [1.165, 1.54) is 18.3 Å². The second kappa shape index (κ2) is 9.25. The second-order valence-corrected chi connectivity index (χ2v) is 7.97. The molecule has 2 amide bonds. The summed E-state index contributed by atoms with van der Waals surface area (Å²) >= 11 is 0. The first-order valence-corrected chi connectivity index (χ1v) is 10.4. The normalized spacial score (nSPS) is 17.3. The van der Waals surface area contributed by atoms with Crippen LogP contribution in [0.1, 0.15) is 28.8 Å². The van der Waals surface area contributed by atoms with Crippen LogP contribution in [0.5, 0.6) is 0 Å². The van der Waals surface area contributed by atoms with E-state index in [-0.39, 0.29) is 24.1 Å². The van der Waals surface area contributed by atoms with Crippen LogP contribution in [-0.2, 0) is 4.79 Å². The molecule has 7 heteroatoms. The van der Waals surface area contributed by atoms with E-state index in [1.807, 2.05) is 11.9 Å². The van der Waals surface area contributed by atoms with E-state index in [2.05, 4.69) is 20.9 Å². The molecule has 1 fully saturated rings. The lowest BCUT2D eigenvalue weighted by Crippen LogP contribution is -2.49. The van der Waals surface area contributed by atoms with Gasteiger partial charge in [-0.1, -0.05) is 12.1 Å². The SMILES string of the molecule is CN1CCN(C(=O)CC(NC(=O)c2cccnc2)C2=C=C(c3ccc(F)cc3)C2)CC1. The standard InChI is InChI=1S/C24H25FN4O2/c1-28-9-11-29(12-10-28)23(30)15-22(27-24(31)18-3-2-8-26-16-18)20-13-19(14-20)17-4-6-21(25)7-5-17/h2-8,16,22H,9-13,15H2,1H3,(H,27,31). The number of pyridine rings is 1. The molecule has 0 saturated carbocycles. The van der Waals surface area contributed by atoms with Gasteiger partial charge in [-0.2, -0.15) is 0 Å². The molecule has 6 nitrogen and oxygen atoms in total. The third-order valence-corrected chi connectivity index (χ3v) is 5.76. The van der Waals surface area contributed by atoms with Crippen molar-refractivity contribution in [2.45, 2.75) is 18.9 Å². The first-order valence-electron chi connectivity index (χ1n) is 10.4. The maximum Gasteiger partial charge on any atom is 0.253 e. The van der Waals surface area contributed by atoms with E-state index in [4.69, 9.17) is 0 Å². The van der Waals surface area contributed by atoms with Gasteiger partial charge in [0.15, 0.2) is 0 Å². The van der Waals surface area contributed by atoms with E-state index in [0.29, 0.717) is 25.1 Å². The first-order chi connectivity index (χ1) is 15.0. The van der Waals surface area contributed by atoms with Crippen molar-refractivity contribution >= 4 is 17.4 Å². The summed E-state index contributed by atoms with van der Waals surface area (Å²) in [4.78, 5) is 33.7. The predicted octanol–water partition coefficient (Wildman–Crippen LogP) is 2.50. The molecule has 2 aromatic rings. The smallest absolute Gasteiger partial charge is 0.253 e. The molecule has 2 aliphatic rings. The van der Waals surface area contributed by atoms with Gasteiger partial charge in [0.05, 0.1) is 18.0 Å². The van der Waals surface area contributed by atoms with Crippen LogP contribution in [0.4, 0.5) is 4.39 Å². The molecule has 31 heavy (non-hydrogen) atoms. The Bertz CT molecular complexity index is 1020. The maximum absolute atomic E-state index is 13.2. The Morgan fingerprint density at radius 1 is 1.16 bits per heavy atom. The molecule has 1 atom stereocenters. The third kappa shape index (κ3) is 5.08. The van der Waals surface area contributed by atoms with Crippen LogP contribution in [0, 0.1) is 5.82 Å². The average Bonchev–Trinajstić information content (AvgIpc) is 2.75. The molecule has 1 aliphatic heterocycles. The number of aromatic nitrogens is 1. The largest absolute Gasteiger partial charge is 0.344 e. The zero-order valence-electron chi connectivity index (χ0n) is 17.5. The number of carbonyl (C=O) groups excluding carboxylic acids is 2. The van der Waals surface area contributed by atoms with Crippen molar-refractivity contribution in [2.24, 2.45) is 0 Å². The highest BCUT2D eigenvalue weighted by Crippen LogP contribution is 2.32. The molecule has 1 aromatic carbocycles. The number of benzene rings is 1. The Morgan fingerprint density at radius 3 is 2.52 bits per heavy atom. The van der Waals surface area contributed by atoms with E-state index in [1.54, 1.807) is 30.5 Å². The minimum absolute atomic E-state index is 0.0223. The van der Waals surface area contributed by atoms with Crippen LogP contribution in [0.25, 0.3) is 5.57 Å². The summed E-state index contributed by atoms with van der Waals surface area (Å²) in [5, 5.41) is 2.99. The highest BCUT2D eigenvalue weighted by atomic mass is 19.1. The monoisotopic (exact) mass is 420 g/mol. The van der Waals surface area contributed by atoms with Crippen LogP contribution in [-0.4, -0.2) is 65.9 Å². The lowest BCUT2D eigenvalue weighted by atomic mass is 9.85. The zero-order chi connectivity index (χ0) is 21.8. The molecule has 4 rings (SSSR count). The molecule has 0 spiro atoms. The summed E-state index contributed by atoms with van der Waals surface area (Å²) < 4.78 is 13.2. The number of halogens is 1. The van der Waals surface area contributed by atoms with Gasteiger partial charge in [-0.25, -0.2) is 4.39 Å². The molecular formula is C24H25FN4O2. The van der Waals surface area contributed by atoms with E-state index >= 15 is 0 Å². The van der Waals surface area contributed by atoms with Gasteiger partial charge in [0.25, 0.3) is 5.91 Å². The molecule has 2 heterocycles. The maximum atomic E-state index is 13.2. The van der Waals surface area contributed by atoms with Crippen molar-refractivity contribution in [1.29, 1.82) is 0 Å². The van der Waals surface area contributed by atoms with E-state index in [0.717, 1.165) is 29.8 Å². The van der Waals surface area contributed by atoms with E-state index in [9.17, 15) is 14.0 Å². The van der Waals surface area contributed by atoms with Crippen molar-refractivity contribution in [3.05, 3.63) is 77.0 Å². The Hall–Kier alpha value is -3.28. The molecule has 0 bridgehead atoms. The van der Waals surface area contributed by atoms with Gasteiger partial charge in [-0.05, 0) is 42.4 Å². The van der Waals surface area contributed by atoms with Crippen molar-refractivity contribution in [2.75, 3.05) is 33.2 Å². The zero-order valence-corrected chi connectivity index (χ0v) is 17.5. The summed E-state index contributed by atoms with van der Waals surface area (Å²) in [7, 11) is 2.04. The minimum atomic E-state index is -0.441. The number of likely N-dealkylation sites (N-methyl/N-ethyl adjacent to an activating group) is 1. The van der Waals surface area contributed by atoms with Gasteiger partial charge in [-0.3, -0.25) is 14.6 Å². The van der Waals surface area contributed by atoms with Crippen molar-refractivity contribution in [3.63, 3.8) is 0 Å². The Kier molecular flexibility index (Phi) is 6.26. The second-order valence-electron chi connectivity index (χ2n) is 7.97. The Morgan fingerprint density at radius 2 is 1.87 bits per heavy atom. The molecule has 1 aliphatic carbocycles. The van der Waals surface area contributed by atoms with Crippen LogP contribution in [0.15, 0.2) is 60.1 Å². The fourth-order valence-electron chi connectivity index (χ4n) is 3.76. The number of carbonyl (C=O) groups is 2.